The summed E-state index contributed by atoms with van der Waals surface area (Å²) in [6, 6.07) is 4.28. The zero-order chi connectivity index (χ0) is 13.8. The standard InChI is InChI=1S/C17H27N3/c1-14-17(3-2-8-19-14)13-20-11-6-16(7-12-20)15-4-9-18-10-5-15/h2-3,8,15-16,18H,4-7,9-13H2,1H3. The number of nitrogens with one attached hydrogen (secondary N) is 1. The van der Waals surface area contributed by atoms with Crippen LogP contribution in [0.25, 0.3) is 0 Å². The number of piperidine rings is 2. The van der Waals surface area contributed by atoms with E-state index in [1.54, 1.807) is 0 Å². The Hall–Kier alpha value is -0.930. The van der Waals surface area contributed by atoms with E-state index in [1.165, 1.54) is 63.1 Å². The highest BCUT2D eigenvalue weighted by Crippen LogP contribution is 2.31. The van der Waals surface area contributed by atoms with E-state index in [4.69, 9.17) is 0 Å². The number of nitrogens with zero attached hydrogens (tertiary/aromatic N) is 2. The Morgan fingerprint density at radius 1 is 1.15 bits per heavy atom. The summed E-state index contributed by atoms with van der Waals surface area (Å²) in [4.78, 5) is 7.01. The van der Waals surface area contributed by atoms with Gasteiger partial charge in [-0.2, -0.15) is 0 Å². The third-order valence-electron chi connectivity index (χ3n) is 5.19. The highest BCUT2D eigenvalue weighted by atomic mass is 15.1. The van der Waals surface area contributed by atoms with Gasteiger partial charge in [-0.25, -0.2) is 0 Å². The lowest BCUT2D eigenvalue weighted by Crippen LogP contribution is -2.39. The van der Waals surface area contributed by atoms with Crippen molar-refractivity contribution in [2.45, 2.75) is 39.2 Å². The molecule has 0 spiro atoms. The molecule has 0 saturated carbocycles. The zero-order valence-electron chi connectivity index (χ0n) is 12.6. The predicted molar refractivity (Wildman–Crippen MR) is 82.6 cm³/mol. The molecule has 0 aromatic carbocycles. The summed E-state index contributed by atoms with van der Waals surface area (Å²) in [5.74, 6) is 1.96. The normalized spacial score (nSPS) is 23.1. The Morgan fingerprint density at radius 2 is 1.85 bits per heavy atom. The first-order valence-electron chi connectivity index (χ1n) is 8.16. The van der Waals surface area contributed by atoms with Gasteiger partial charge >= 0.3 is 0 Å². The highest BCUT2D eigenvalue weighted by Gasteiger charge is 2.27. The lowest BCUT2D eigenvalue weighted by Gasteiger charge is -2.37. The average molecular weight is 273 g/mol. The van der Waals surface area contributed by atoms with Crippen LogP contribution in [0.2, 0.25) is 0 Å². The van der Waals surface area contributed by atoms with Gasteiger partial charge in [-0.3, -0.25) is 9.88 Å². The molecule has 110 valence electrons. The van der Waals surface area contributed by atoms with Crippen LogP contribution in [0.5, 0.6) is 0 Å². The minimum atomic E-state index is 0.975. The monoisotopic (exact) mass is 273 g/mol. The van der Waals surface area contributed by atoms with Gasteiger partial charge in [-0.15, -0.1) is 0 Å². The van der Waals surface area contributed by atoms with Gasteiger partial charge in [0, 0.05) is 18.4 Å². The Labute approximate surface area is 122 Å². The molecule has 0 atom stereocenters. The molecule has 3 rings (SSSR count). The first-order chi connectivity index (χ1) is 9.83. The van der Waals surface area contributed by atoms with Gasteiger partial charge < -0.3 is 5.32 Å². The summed E-state index contributed by atoms with van der Waals surface area (Å²) in [7, 11) is 0. The van der Waals surface area contributed by atoms with Crippen molar-refractivity contribution in [2.24, 2.45) is 11.8 Å². The van der Waals surface area contributed by atoms with E-state index in [9.17, 15) is 0 Å². The Bertz CT molecular complexity index is 418. The number of hydrogen-bond donors (Lipinski definition) is 1. The third kappa shape index (κ3) is 3.39. The molecule has 20 heavy (non-hydrogen) atoms. The first-order valence-corrected chi connectivity index (χ1v) is 8.16. The van der Waals surface area contributed by atoms with Gasteiger partial charge in [0.25, 0.3) is 0 Å². The Morgan fingerprint density at radius 3 is 2.55 bits per heavy atom. The summed E-state index contributed by atoms with van der Waals surface area (Å²) in [5.41, 5.74) is 2.58. The van der Waals surface area contributed by atoms with E-state index < -0.39 is 0 Å². The maximum Gasteiger partial charge on any atom is 0.0417 e. The first kappa shape index (κ1) is 14.0. The van der Waals surface area contributed by atoms with Crippen LogP contribution in [0, 0.1) is 18.8 Å². The summed E-state index contributed by atoms with van der Waals surface area (Å²) < 4.78 is 0. The van der Waals surface area contributed by atoms with E-state index in [0.717, 1.165) is 18.4 Å². The van der Waals surface area contributed by atoms with Crippen molar-refractivity contribution in [3.63, 3.8) is 0 Å². The van der Waals surface area contributed by atoms with Crippen LogP contribution in [0.1, 0.15) is 36.9 Å². The topological polar surface area (TPSA) is 28.2 Å². The minimum Gasteiger partial charge on any atom is -0.317 e. The van der Waals surface area contributed by atoms with Crippen molar-refractivity contribution in [1.29, 1.82) is 0 Å². The summed E-state index contributed by atoms with van der Waals surface area (Å²) in [5, 5.41) is 3.48. The quantitative estimate of drug-likeness (QED) is 0.917. The lowest BCUT2D eigenvalue weighted by molar-refractivity contribution is 0.125. The number of aryl methyl sites for hydroxylation is 1. The van der Waals surface area contributed by atoms with Gasteiger partial charge in [0.15, 0.2) is 0 Å². The highest BCUT2D eigenvalue weighted by molar-refractivity contribution is 5.18. The second-order valence-electron chi connectivity index (χ2n) is 6.45. The van der Waals surface area contributed by atoms with E-state index >= 15 is 0 Å². The van der Waals surface area contributed by atoms with E-state index in [2.05, 4.69) is 34.3 Å². The second-order valence-corrected chi connectivity index (χ2v) is 6.45. The number of hydrogen-bond acceptors (Lipinski definition) is 3. The van der Waals surface area contributed by atoms with Crippen molar-refractivity contribution >= 4 is 0 Å². The molecule has 2 aliphatic rings. The van der Waals surface area contributed by atoms with Crippen molar-refractivity contribution < 1.29 is 0 Å². The molecule has 1 N–H and O–H groups in total. The van der Waals surface area contributed by atoms with Crippen LogP contribution in [-0.4, -0.2) is 36.1 Å². The van der Waals surface area contributed by atoms with Gasteiger partial charge in [0.1, 0.15) is 0 Å². The average Bonchev–Trinajstić information content (AvgIpc) is 2.51. The van der Waals surface area contributed by atoms with Crippen LogP contribution in [0.15, 0.2) is 18.3 Å². The molecule has 0 radical (unpaired) electrons. The molecule has 0 amide bonds. The molecule has 0 bridgehead atoms. The lowest BCUT2D eigenvalue weighted by atomic mass is 9.79. The van der Waals surface area contributed by atoms with Gasteiger partial charge in [-0.1, -0.05) is 6.07 Å². The van der Waals surface area contributed by atoms with Crippen LogP contribution in [0.4, 0.5) is 0 Å². The molecule has 2 saturated heterocycles. The molecule has 1 aromatic heterocycles. The maximum atomic E-state index is 4.40. The SMILES string of the molecule is Cc1ncccc1CN1CCC(C2CCNCC2)CC1. The Balaban J connectivity index is 1.50. The Kier molecular flexibility index (Phi) is 4.69. The number of likely N-dealkylation sites (tertiary alicyclic amines) is 1. The summed E-state index contributed by atoms with van der Waals surface area (Å²) >= 11 is 0. The smallest absolute Gasteiger partial charge is 0.0417 e. The predicted octanol–water partition coefficient (Wildman–Crippen LogP) is 2.60. The van der Waals surface area contributed by atoms with Crippen molar-refractivity contribution in [1.82, 2.24) is 15.2 Å². The molecular weight excluding hydrogens is 246 g/mol. The fourth-order valence-electron chi connectivity index (χ4n) is 3.82. The molecule has 3 heterocycles. The second kappa shape index (κ2) is 6.68. The van der Waals surface area contributed by atoms with E-state index in [-0.39, 0.29) is 0 Å². The van der Waals surface area contributed by atoms with Crippen LogP contribution in [0.3, 0.4) is 0 Å². The number of pyridine rings is 1. The van der Waals surface area contributed by atoms with Gasteiger partial charge in [0.05, 0.1) is 0 Å². The van der Waals surface area contributed by atoms with Crippen LogP contribution >= 0.6 is 0 Å². The molecule has 1 aromatic rings. The summed E-state index contributed by atoms with van der Waals surface area (Å²) in [6.45, 7) is 8.21. The van der Waals surface area contributed by atoms with Crippen LogP contribution in [-0.2, 0) is 6.54 Å². The summed E-state index contributed by atoms with van der Waals surface area (Å²) in [6.07, 6.45) is 7.47. The molecular formula is C17H27N3. The largest absolute Gasteiger partial charge is 0.317 e. The third-order valence-corrected chi connectivity index (χ3v) is 5.19. The maximum absolute atomic E-state index is 4.40. The zero-order valence-corrected chi connectivity index (χ0v) is 12.6. The van der Waals surface area contributed by atoms with Crippen molar-refractivity contribution in [3.05, 3.63) is 29.6 Å². The van der Waals surface area contributed by atoms with Gasteiger partial charge in [0.2, 0.25) is 0 Å². The van der Waals surface area contributed by atoms with E-state index in [0.29, 0.717) is 0 Å². The minimum absolute atomic E-state index is 0.975. The fraction of sp³-hybridized carbons (Fsp3) is 0.706. The van der Waals surface area contributed by atoms with Crippen LogP contribution < -0.4 is 5.32 Å². The molecule has 2 fully saturated rings. The molecule has 3 heteroatoms. The fourth-order valence-corrected chi connectivity index (χ4v) is 3.82. The molecule has 0 unspecified atom stereocenters. The van der Waals surface area contributed by atoms with Crippen molar-refractivity contribution in [2.75, 3.05) is 26.2 Å². The molecule has 3 nitrogen and oxygen atoms in total. The van der Waals surface area contributed by atoms with Gasteiger partial charge in [-0.05, 0) is 82.3 Å². The number of aromatic nitrogens is 1. The number of rotatable bonds is 3. The van der Waals surface area contributed by atoms with E-state index in [1.807, 2.05) is 6.20 Å². The van der Waals surface area contributed by atoms with Crippen molar-refractivity contribution in [3.8, 4) is 0 Å². The molecule has 2 aliphatic heterocycles. The molecule has 0 aliphatic carbocycles.